The Hall–Kier alpha value is -0.720. The Bertz CT molecular complexity index is 584. The van der Waals surface area contributed by atoms with E-state index in [4.69, 9.17) is 12.2 Å². The van der Waals surface area contributed by atoms with Gasteiger partial charge in [-0.3, -0.25) is 4.90 Å². The van der Waals surface area contributed by atoms with Crippen LogP contribution in [0.2, 0.25) is 0 Å². The van der Waals surface area contributed by atoms with Crippen LogP contribution in [-0.2, 0) is 0 Å². The summed E-state index contributed by atoms with van der Waals surface area (Å²) in [5.41, 5.74) is 0.923. The van der Waals surface area contributed by atoms with Crippen molar-refractivity contribution >= 4 is 46.3 Å². The zero-order chi connectivity index (χ0) is 17.0. The van der Waals surface area contributed by atoms with Crippen LogP contribution in [0.5, 0.6) is 0 Å². The van der Waals surface area contributed by atoms with Gasteiger partial charge >= 0.3 is 0 Å². The van der Waals surface area contributed by atoms with E-state index in [2.05, 4.69) is 25.7 Å². The molecule has 1 saturated heterocycles. The first-order chi connectivity index (χ1) is 10.9. The van der Waals surface area contributed by atoms with E-state index >= 15 is 0 Å². The van der Waals surface area contributed by atoms with Gasteiger partial charge in [-0.2, -0.15) is 4.74 Å². The van der Waals surface area contributed by atoms with Crippen LogP contribution in [-0.4, -0.2) is 43.9 Å². The molecule has 1 aromatic rings. The molecule has 6 heteroatoms. The third-order valence-electron chi connectivity index (χ3n) is 3.89. The Kier molecular flexibility index (Phi) is 6.40. The molecule has 1 atom stereocenters. The highest BCUT2D eigenvalue weighted by Crippen LogP contribution is 2.41. The lowest BCUT2D eigenvalue weighted by atomic mass is 10.1. The number of thioether (sulfide) groups is 2. The molecular formula is C17H24N2OS3. The molecule has 0 N–H and O–H groups in total. The van der Waals surface area contributed by atoms with Gasteiger partial charge in [0.1, 0.15) is 9.07 Å². The maximum absolute atomic E-state index is 12.8. The third kappa shape index (κ3) is 4.43. The second-order valence-electron chi connectivity index (χ2n) is 6.15. The largest absolute Gasteiger partial charge is 0.622 e. The maximum atomic E-state index is 12.8. The van der Waals surface area contributed by atoms with Crippen LogP contribution < -0.4 is 0 Å². The summed E-state index contributed by atoms with van der Waals surface area (Å²) in [6.45, 7) is 7.18. The summed E-state index contributed by atoms with van der Waals surface area (Å²) in [7, 11) is 0. The van der Waals surface area contributed by atoms with Crippen molar-refractivity contribution in [1.29, 1.82) is 0 Å². The highest BCUT2D eigenvalue weighted by molar-refractivity contribution is 8.24. The number of hydrogen-bond donors (Lipinski definition) is 0. The van der Waals surface area contributed by atoms with Crippen LogP contribution in [0.15, 0.2) is 29.2 Å². The molecule has 0 radical (unpaired) electrons. The number of thiocarbonyl (C=S) groups is 1. The first-order valence-corrected chi connectivity index (χ1v) is 10.3. The Morgan fingerprint density at radius 2 is 2.04 bits per heavy atom. The first-order valence-electron chi connectivity index (χ1n) is 7.83. The van der Waals surface area contributed by atoms with E-state index in [9.17, 15) is 5.21 Å². The summed E-state index contributed by atoms with van der Waals surface area (Å²) in [5.74, 6) is 0. The standard InChI is InChI=1S/C17H24N2OS3/c1-5-6-11-18-15(17(2,3)23-16(18)21)19(20)12-13-7-9-14(22-4)10-8-13/h7-10,12,15H,5-6,11H2,1-4H3/b19-12-/t15-/m1/s1. The predicted octanol–water partition coefficient (Wildman–Crippen LogP) is 4.58. The summed E-state index contributed by atoms with van der Waals surface area (Å²) >= 11 is 8.83. The molecule has 0 saturated carbocycles. The van der Waals surface area contributed by atoms with E-state index in [-0.39, 0.29) is 10.9 Å². The Morgan fingerprint density at radius 1 is 1.39 bits per heavy atom. The summed E-state index contributed by atoms with van der Waals surface area (Å²) in [4.78, 5) is 3.28. The number of rotatable bonds is 6. The maximum Gasteiger partial charge on any atom is 0.254 e. The summed E-state index contributed by atoms with van der Waals surface area (Å²) in [6.07, 6.45) is 5.61. The molecule has 23 heavy (non-hydrogen) atoms. The predicted molar refractivity (Wildman–Crippen MR) is 107 cm³/mol. The molecule has 0 amide bonds. The molecule has 0 aromatic heterocycles. The fraction of sp³-hybridized carbons (Fsp3) is 0.529. The molecule has 0 bridgehead atoms. The Labute approximate surface area is 153 Å². The zero-order valence-electron chi connectivity index (χ0n) is 14.1. The van der Waals surface area contributed by atoms with E-state index in [0.717, 1.165) is 34.0 Å². The van der Waals surface area contributed by atoms with E-state index in [1.54, 1.807) is 29.7 Å². The Morgan fingerprint density at radius 3 is 2.61 bits per heavy atom. The van der Waals surface area contributed by atoms with E-state index in [1.165, 1.54) is 4.90 Å². The molecule has 1 aliphatic heterocycles. The summed E-state index contributed by atoms with van der Waals surface area (Å²) in [6, 6.07) is 8.05. The van der Waals surface area contributed by atoms with Gasteiger partial charge in [0, 0.05) is 17.0 Å². The third-order valence-corrected chi connectivity index (χ3v) is 6.26. The van der Waals surface area contributed by atoms with Crippen LogP contribution in [0.1, 0.15) is 39.2 Å². The fourth-order valence-electron chi connectivity index (χ4n) is 2.70. The van der Waals surface area contributed by atoms with Crippen molar-refractivity contribution < 1.29 is 4.74 Å². The molecule has 1 heterocycles. The van der Waals surface area contributed by atoms with Gasteiger partial charge in [-0.15, -0.1) is 11.8 Å². The summed E-state index contributed by atoms with van der Waals surface area (Å²) < 4.78 is 1.69. The van der Waals surface area contributed by atoms with Crippen molar-refractivity contribution in [2.75, 3.05) is 12.8 Å². The van der Waals surface area contributed by atoms with Crippen molar-refractivity contribution in [3.8, 4) is 0 Å². The molecule has 2 rings (SSSR count). The van der Waals surface area contributed by atoms with Crippen molar-refractivity contribution in [3.63, 3.8) is 0 Å². The zero-order valence-corrected chi connectivity index (χ0v) is 16.6. The summed E-state index contributed by atoms with van der Waals surface area (Å²) in [5, 5.41) is 12.8. The Balaban J connectivity index is 2.26. The average Bonchev–Trinajstić information content (AvgIpc) is 2.74. The fourth-order valence-corrected chi connectivity index (χ4v) is 5.04. The van der Waals surface area contributed by atoms with Gasteiger partial charge in [-0.1, -0.05) is 37.3 Å². The minimum absolute atomic E-state index is 0.220. The molecule has 1 aliphatic rings. The van der Waals surface area contributed by atoms with Gasteiger partial charge in [-0.05, 0) is 50.8 Å². The van der Waals surface area contributed by atoms with E-state index < -0.39 is 0 Å². The van der Waals surface area contributed by atoms with Gasteiger partial charge < -0.3 is 5.21 Å². The molecule has 126 valence electrons. The number of nitrogens with zero attached hydrogens (tertiary/aromatic N) is 2. The quantitative estimate of drug-likeness (QED) is 0.183. The van der Waals surface area contributed by atoms with E-state index in [0.29, 0.717) is 0 Å². The van der Waals surface area contributed by atoms with Gasteiger partial charge in [-0.25, -0.2) is 0 Å². The lowest BCUT2D eigenvalue weighted by Gasteiger charge is -2.29. The van der Waals surface area contributed by atoms with Gasteiger partial charge in [0.15, 0.2) is 6.21 Å². The molecule has 0 unspecified atom stereocenters. The molecule has 0 aliphatic carbocycles. The van der Waals surface area contributed by atoms with Crippen molar-refractivity contribution in [2.45, 2.75) is 49.4 Å². The lowest BCUT2D eigenvalue weighted by molar-refractivity contribution is -0.523. The second-order valence-corrected chi connectivity index (χ2v) is 9.32. The van der Waals surface area contributed by atoms with Crippen LogP contribution in [0.25, 0.3) is 0 Å². The van der Waals surface area contributed by atoms with Crippen molar-refractivity contribution in [1.82, 2.24) is 4.90 Å². The number of unbranched alkanes of at least 4 members (excludes halogenated alkanes) is 1. The van der Waals surface area contributed by atoms with Gasteiger partial charge in [0.05, 0.1) is 0 Å². The number of hydrogen-bond acceptors (Lipinski definition) is 4. The van der Waals surface area contributed by atoms with Gasteiger partial charge in [0.25, 0.3) is 6.17 Å². The van der Waals surface area contributed by atoms with Crippen LogP contribution >= 0.6 is 35.7 Å². The minimum Gasteiger partial charge on any atom is -0.622 e. The smallest absolute Gasteiger partial charge is 0.254 e. The number of benzene rings is 1. The SMILES string of the molecule is CCCCN1C(=S)SC(C)(C)[C@H]1/[N+]([O-])=C/c1ccc(SC)cc1. The molecule has 1 fully saturated rings. The first kappa shape index (κ1) is 18.6. The van der Waals surface area contributed by atoms with Crippen LogP contribution in [0.4, 0.5) is 0 Å². The lowest BCUT2D eigenvalue weighted by Crippen LogP contribution is -2.48. The normalized spacial score (nSPS) is 21.0. The molecule has 3 nitrogen and oxygen atoms in total. The van der Waals surface area contributed by atoms with Gasteiger partial charge in [0.2, 0.25) is 0 Å². The molecule has 0 spiro atoms. The minimum atomic E-state index is -0.258. The monoisotopic (exact) mass is 368 g/mol. The second kappa shape index (κ2) is 7.90. The topological polar surface area (TPSA) is 29.3 Å². The van der Waals surface area contributed by atoms with Crippen LogP contribution in [0.3, 0.4) is 0 Å². The highest BCUT2D eigenvalue weighted by Gasteiger charge is 2.50. The van der Waals surface area contributed by atoms with E-state index in [1.807, 2.05) is 30.5 Å². The number of hydroxylamine groups is 1. The highest BCUT2D eigenvalue weighted by atomic mass is 32.2. The van der Waals surface area contributed by atoms with Crippen molar-refractivity contribution in [3.05, 3.63) is 35.0 Å². The average molecular weight is 369 g/mol. The van der Waals surface area contributed by atoms with Crippen molar-refractivity contribution in [2.24, 2.45) is 0 Å². The molecule has 1 aromatic carbocycles. The van der Waals surface area contributed by atoms with Crippen LogP contribution in [0, 0.1) is 5.21 Å². The molecular weight excluding hydrogens is 344 g/mol.